The predicted octanol–water partition coefficient (Wildman–Crippen LogP) is 3.64. The summed E-state index contributed by atoms with van der Waals surface area (Å²) >= 11 is 0. The molecule has 20 heavy (non-hydrogen) atoms. The van der Waals surface area contributed by atoms with E-state index in [0.29, 0.717) is 0 Å². The topological polar surface area (TPSA) is 20.3 Å². The summed E-state index contributed by atoms with van der Waals surface area (Å²) in [5.74, 6) is 0. The molecule has 1 atom stereocenters. The van der Waals surface area contributed by atoms with E-state index in [4.69, 9.17) is 0 Å². The van der Waals surface area contributed by atoms with E-state index in [1.807, 2.05) is 56.6 Å². The average Bonchev–Trinajstić information content (AvgIpc) is 2.47. The number of allylic oxidation sites excluding steroid dienone is 1. The van der Waals surface area contributed by atoms with Crippen LogP contribution >= 0.6 is 0 Å². The molecule has 0 N–H and O–H groups in total. The van der Waals surface area contributed by atoms with E-state index in [1.165, 1.54) is 16.8 Å². The van der Waals surface area contributed by atoms with E-state index in [0.717, 1.165) is 16.2 Å². The van der Waals surface area contributed by atoms with Crippen LogP contribution in [0.15, 0.2) is 64.5 Å². The van der Waals surface area contributed by atoms with Crippen LogP contribution in [-0.2, 0) is 17.2 Å². The molecule has 1 heterocycles. The van der Waals surface area contributed by atoms with Crippen LogP contribution in [0.4, 0.5) is 5.69 Å². The quantitative estimate of drug-likeness (QED) is 0.838. The molecule has 1 aliphatic rings. The van der Waals surface area contributed by atoms with Gasteiger partial charge in [0.25, 0.3) is 0 Å². The van der Waals surface area contributed by atoms with Gasteiger partial charge in [0.05, 0.1) is 10.8 Å². The second kappa shape index (κ2) is 5.25. The fraction of sp³-hybridized carbons (Fsp3) is 0.176. The van der Waals surface area contributed by atoms with Crippen molar-refractivity contribution in [2.24, 2.45) is 0 Å². The third kappa shape index (κ3) is 2.41. The lowest BCUT2D eigenvalue weighted by atomic mass is 10.1. The maximum absolute atomic E-state index is 12.7. The minimum Gasteiger partial charge on any atom is -0.350 e. The molecular formula is C17H17NOS. The van der Waals surface area contributed by atoms with Gasteiger partial charge in [-0.3, -0.25) is 0 Å². The molecule has 0 saturated heterocycles. The van der Waals surface area contributed by atoms with Gasteiger partial charge in [0.1, 0.15) is 0 Å². The third-order valence-corrected chi connectivity index (χ3v) is 4.97. The van der Waals surface area contributed by atoms with Crippen LogP contribution in [0.5, 0.6) is 0 Å². The van der Waals surface area contributed by atoms with Gasteiger partial charge >= 0.3 is 0 Å². The smallest absolute Gasteiger partial charge is 0.0826 e. The molecule has 2 aromatic rings. The van der Waals surface area contributed by atoms with Gasteiger partial charge in [0.2, 0.25) is 0 Å². The van der Waals surface area contributed by atoms with Crippen molar-refractivity contribution < 1.29 is 4.21 Å². The van der Waals surface area contributed by atoms with E-state index in [9.17, 15) is 4.21 Å². The van der Waals surface area contributed by atoms with Gasteiger partial charge in [0, 0.05) is 35.2 Å². The number of anilines is 1. The summed E-state index contributed by atoms with van der Waals surface area (Å²) < 4.78 is 12.7. The molecule has 0 aromatic heterocycles. The first kappa shape index (κ1) is 13.1. The van der Waals surface area contributed by atoms with Gasteiger partial charge in [-0.25, -0.2) is 4.21 Å². The summed E-state index contributed by atoms with van der Waals surface area (Å²) in [6.45, 7) is 2.04. The average molecular weight is 283 g/mol. The number of benzene rings is 2. The van der Waals surface area contributed by atoms with Gasteiger partial charge in [-0.15, -0.1) is 0 Å². The van der Waals surface area contributed by atoms with Crippen LogP contribution in [0.1, 0.15) is 11.1 Å². The third-order valence-electron chi connectivity index (χ3n) is 3.55. The van der Waals surface area contributed by atoms with Crippen molar-refractivity contribution in [1.29, 1.82) is 0 Å². The first-order chi connectivity index (χ1) is 9.65. The first-order valence-electron chi connectivity index (χ1n) is 6.65. The van der Waals surface area contributed by atoms with Gasteiger partial charge in [0.15, 0.2) is 0 Å². The predicted molar refractivity (Wildman–Crippen MR) is 84.2 cm³/mol. The minimum atomic E-state index is -1.09. The standard InChI is InChI=1S/C17H17NOS/c1-13-7-9-15(10-8-13)20(19)16-11-14-5-3-4-6-17(14)18(2)12-16/h3-10,12H,11H2,1-2H3/t20-/m1/s1. The number of rotatable bonds is 2. The molecular weight excluding hydrogens is 266 g/mol. The van der Waals surface area contributed by atoms with Gasteiger partial charge < -0.3 is 4.90 Å². The maximum Gasteiger partial charge on any atom is 0.0826 e. The Balaban J connectivity index is 1.92. The Morgan fingerprint density at radius 3 is 2.50 bits per heavy atom. The molecule has 0 bridgehead atoms. The first-order valence-corrected chi connectivity index (χ1v) is 7.80. The molecule has 0 unspecified atom stereocenters. The SMILES string of the molecule is Cc1ccc([S@@](=O)C2=CN(C)c3ccccc3C2)cc1. The van der Waals surface area contributed by atoms with Crippen LogP contribution in [0.25, 0.3) is 0 Å². The Hall–Kier alpha value is -1.87. The number of hydrogen-bond donors (Lipinski definition) is 0. The molecule has 0 radical (unpaired) electrons. The molecule has 2 aromatic carbocycles. The molecule has 2 nitrogen and oxygen atoms in total. The van der Waals surface area contributed by atoms with Crippen molar-refractivity contribution >= 4 is 16.5 Å². The van der Waals surface area contributed by atoms with E-state index >= 15 is 0 Å². The summed E-state index contributed by atoms with van der Waals surface area (Å²) in [5, 5.41) is 0. The highest BCUT2D eigenvalue weighted by Crippen LogP contribution is 2.30. The largest absolute Gasteiger partial charge is 0.350 e. The Morgan fingerprint density at radius 1 is 1.05 bits per heavy atom. The molecule has 0 saturated carbocycles. The summed E-state index contributed by atoms with van der Waals surface area (Å²) in [5.41, 5.74) is 3.61. The van der Waals surface area contributed by atoms with E-state index < -0.39 is 10.8 Å². The molecule has 102 valence electrons. The van der Waals surface area contributed by atoms with Gasteiger partial charge in [-0.1, -0.05) is 35.9 Å². The van der Waals surface area contributed by atoms with Crippen molar-refractivity contribution in [3.63, 3.8) is 0 Å². The monoisotopic (exact) mass is 283 g/mol. The fourth-order valence-electron chi connectivity index (χ4n) is 2.45. The number of para-hydroxylation sites is 1. The number of nitrogens with zero attached hydrogens (tertiary/aromatic N) is 1. The van der Waals surface area contributed by atoms with Crippen molar-refractivity contribution in [1.82, 2.24) is 0 Å². The Bertz CT molecular complexity index is 688. The van der Waals surface area contributed by atoms with E-state index in [-0.39, 0.29) is 0 Å². The van der Waals surface area contributed by atoms with Gasteiger partial charge in [-0.05, 0) is 30.7 Å². The molecule has 0 aliphatic carbocycles. The molecule has 0 fully saturated rings. The Morgan fingerprint density at radius 2 is 1.75 bits per heavy atom. The number of aryl methyl sites for hydroxylation is 1. The zero-order valence-corrected chi connectivity index (χ0v) is 12.5. The lowest BCUT2D eigenvalue weighted by molar-refractivity contribution is 0.685. The van der Waals surface area contributed by atoms with E-state index in [2.05, 4.69) is 17.0 Å². The lowest BCUT2D eigenvalue weighted by Crippen LogP contribution is -2.18. The van der Waals surface area contributed by atoms with E-state index in [1.54, 1.807) is 0 Å². The van der Waals surface area contributed by atoms with Crippen LogP contribution in [-0.4, -0.2) is 11.3 Å². The van der Waals surface area contributed by atoms with Crippen molar-refractivity contribution in [3.8, 4) is 0 Å². The van der Waals surface area contributed by atoms with Crippen LogP contribution < -0.4 is 4.90 Å². The van der Waals surface area contributed by atoms with Crippen molar-refractivity contribution in [3.05, 3.63) is 70.8 Å². The molecule has 3 rings (SSSR count). The summed E-state index contributed by atoms with van der Waals surface area (Å²) in [7, 11) is 0.918. The Labute approximate surface area is 122 Å². The minimum absolute atomic E-state index is 0.751. The number of hydrogen-bond acceptors (Lipinski definition) is 2. The van der Waals surface area contributed by atoms with Crippen LogP contribution in [0.2, 0.25) is 0 Å². The van der Waals surface area contributed by atoms with Crippen LogP contribution in [0.3, 0.4) is 0 Å². The molecule has 1 aliphatic heterocycles. The molecule has 0 spiro atoms. The highest BCUT2D eigenvalue weighted by atomic mass is 32.2. The normalized spacial score (nSPS) is 15.5. The van der Waals surface area contributed by atoms with Crippen molar-refractivity contribution in [2.75, 3.05) is 11.9 Å². The van der Waals surface area contributed by atoms with Crippen molar-refractivity contribution in [2.45, 2.75) is 18.2 Å². The highest BCUT2D eigenvalue weighted by Gasteiger charge is 2.19. The summed E-state index contributed by atoms with van der Waals surface area (Å²) in [4.78, 5) is 3.88. The molecule has 0 amide bonds. The van der Waals surface area contributed by atoms with Gasteiger partial charge in [-0.2, -0.15) is 0 Å². The summed E-state index contributed by atoms with van der Waals surface area (Å²) in [6.07, 6.45) is 2.75. The second-order valence-electron chi connectivity index (χ2n) is 5.09. The number of fused-ring (bicyclic) bond motifs is 1. The zero-order valence-electron chi connectivity index (χ0n) is 11.7. The Kier molecular flexibility index (Phi) is 3.45. The van der Waals surface area contributed by atoms with Crippen LogP contribution in [0, 0.1) is 6.92 Å². The molecule has 3 heteroatoms. The zero-order chi connectivity index (χ0) is 14.1. The fourth-order valence-corrected chi connectivity index (χ4v) is 3.68. The summed E-state index contributed by atoms with van der Waals surface area (Å²) in [6, 6.07) is 16.2. The lowest BCUT2D eigenvalue weighted by Gasteiger charge is -2.25. The highest BCUT2D eigenvalue weighted by molar-refractivity contribution is 7.89. The maximum atomic E-state index is 12.7. The second-order valence-corrected chi connectivity index (χ2v) is 6.63.